The van der Waals surface area contributed by atoms with Crippen LogP contribution in [0.25, 0.3) is 5.69 Å². The summed E-state index contributed by atoms with van der Waals surface area (Å²) in [6, 6.07) is 4.79. The van der Waals surface area contributed by atoms with E-state index in [9.17, 15) is 9.18 Å². The van der Waals surface area contributed by atoms with Crippen molar-refractivity contribution in [2.45, 2.75) is 25.9 Å². The van der Waals surface area contributed by atoms with Crippen LogP contribution in [-0.4, -0.2) is 21.0 Å². The molecule has 0 saturated carbocycles. The molecule has 2 aromatic rings. The normalized spacial score (nSPS) is 11.4. The lowest BCUT2D eigenvalue weighted by Gasteiger charge is -2.17. The molecule has 1 aromatic heterocycles. The topological polar surface area (TPSA) is 72.9 Å². The third-order valence-electron chi connectivity index (χ3n) is 2.83. The Labute approximate surface area is 116 Å². The number of hydrogen-bond acceptors (Lipinski definition) is 3. The van der Waals surface area contributed by atoms with E-state index in [2.05, 4.69) is 10.3 Å². The monoisotopic (exact) mass is 276 g/mol. The van der Waals surface area contributed by atoms with Gasteiger partial charge in [0.2, 0.25) is 5.91 Å². The Balaban J connectivity index is 2.09. The maximum Gasteiger partial charge on any atom is 0.239 e. The van der Waals surface area contributed by atoms with Gasteiger partial charge in [-0.05, 0) is 31.5 Å². The first-order chi connectivity index (χ1) is 9.38. The average molecular weight is 276 g/mol. The van der Waals surface area contributed by atoms with Crippen LogP contribution in [0.3, 0.4) is 0 Å². The van der Waals surface area contributed by atoms with Gasteiger partial charge in [0.1, 0.15) is 5.82 Å². The molecule has 0 aliphatic rings. The SMILES string of the molecule is CC(C)(N)C(=O)NCc1ccc(-n2ccnc2)c(F)c1. The van der Waals surface area contributed by atoms with Gasteiger partial charge >= 0.3 is 0 Å². The molecular weight excluding hydrogens is 259 g/mol. The molecule has 6 heteroatoms. The summed E-state index contributed by atoms with van der Waals surface area (Å²) < 4.78 is 15.6. The van der Waals surface area contributed by atoms with E-state index in [1.165, 1.54) is 12.4 Å². The van der Waals surface area contributed by atoms with Gasteiger partial charge in [-0.25, -0.2) is 9.37 Å². The molecule has 1 aromatic carbocycles. The van der Waals surface area contributed by atoms with E-state index in [0.29, 0.717) is 11.3 Å². The fourth-order valence-corrected chi connectivity index (χ4v) is 1.68. The first kappa shape index (κ1) is 14.2. The second kappa shape index (κ2) is 5.42. The number of imidazole rings is 1. The van der Waals surface area contributed by atoms with E-state index in [1.807, 2.05) is 0 Å². The van der Waals surface area contributed by atoms with Crippen molar-refractivity contribution in [3.63, 3.8) is 0 Å². The second-order valence-electron chi connectivity index (χ2n) is 5.16. The van der Waals surface area contributed by atoms with Gasteiger partial charge < -0.3 is 15.6 Å². The molecule has 1 amide bonds. The molecule has 0 saturated heterocycles. The third kappa shape index (κ3) is 3.21. The predicted octanol–water partition coefficient (Wildman–Crippen LogP) is 1.36. The number of carbonyl (C=O) groups excluding carboxylic acids is 1. The van der Waals surface area contributed by atoms with Crippen molar-refractivity contribution >= 4 is 5.91 Å². The van der Waals surface area contributed by atoms with Crippen LogP contribution in [0.15, 0.2) is 36.9 Å². The fraction of sp³-hybridized carbons (Fsp3) is 0.286. The lowest BCUT2D eigenvalue weighted by molar-refractivity contribution is -0.125. The lowest BCUT2D eigenvalue weighted by atomic mass is 10.1. The molecule has 0 fully saturated rings. The van der Waals surface area contributed by atoms with Gasteiger partial charge in [-0.3, -0.25) is 4.79 Å². The van der Waals surface area contributed by atoms with Crippen LogP contribution < -0.4 is 11.1 Å². The molecule has 20 heavy (non-hydrogen) atoms. The Morgan fingerprint density at radius 1 is 1.50 bits per heavy atom. The van der Waals surface area contributed by atoms with Crippen LogP contribution in [-0.2, 0) is 11.3 Å². The fourth-order valence-electron chi connectivity index (χ4n) is 1.68. The van der Waals surface area contributed by atoms with Crippen LogP contribution in [0.5, 0.6) is 0 Å². The number of rotatable bonds is 4. The highest BCUT2D eigenvalue weighted by Crippen LogP contribution is 2.15. The number of nitrogens with two attached hydrogens (primary N) is 1. The van der Waals surface area contributed by atoms with Gasteiger partial charge in [0.25, 0.3) is 0 Å². The summed E-state index contributed by atoms with van der Waals surface area (Å²) in [4.78, 5) is 15.5. The summed E-state index contributed by atoms with van der Waals surface area (Å²) in [6.07, 6.45) is 4.77. The number of amides is 1. The average Bonchev–Trinajstić information content (AvgIpc) is 2.88. The maximum absolute atomic E-state index is 14.0. The zero-order chi connectivity index (χ0) is 14.8. The molecule has 0 unspecified atom stereocenters. The minimum Gasteiger partial charge on any atom is -0.350 e. The van der Waals surface area contributed by atoms with E-state index in [4.69, 9.17) is 5.73 Å². The number of carbonyl (C=O) groups is 1. The van der Waals surface area contributed by atoms with Gasteiger partial charge in [-0.15, -0.1) is 0 Å². The summed E-state index contributed by atoms with van der Waals surface area (Å²) in [6.45, 7) is 3.47. The molecule has 0 spiro atoms. The maximum atomic E-state index is 14.0. The van der Waals surface area contributed by atoms with Gasteiger partial charge in [-0.1, -0.05) is 6.07 Å². The van der Waals surface area contributed by atoms with Crippen molar-refractivity contribution < 1.29 is 9.18 Å². The molecule has 1 heterocycles. The quantitative estimate of drug-likeness (QED) is 0.885. The number of nitrogens with one attached hydrogen (secondary N) is 1. The van der Waals surface area contributed by atoms with Crippen LogP contribution in [0.2, 0.25) is 0 Å². The molecule has 3 N–H and O–H groups in total. The first-order valence-electron chi connectivity index (χ1n) is 6.22. The van der Waals surface area contributed by atoms with Crippen LogP contribution >= 0.6 is 0 Å². The number of benzene rings is 1. The van der Waals surface area contributed by atoms with Crippen LogP contribution in [0, 0.1) is 5.82 Å². The van der Waals surface area contributed by atoms with Crippen molar-refractivity contribution in [1.29, 1.82) is 0 Å². The third-order valence-corrected chi connectivity index (χ3v) is 2.83. The summed E-state index contributed by atoms with van der Waals surface area (Å²) in [5, 5.41) is 2.67. The standard InChI is InChI=1S/C14H17FN4O/c1-14(2,16)13(20)18-8-10-3-4-12(11(15)7-10)19-6-5-17-9-19/h3-7,9H,8,16H2,1-2H3,(H,18,20). The molecule has 5 nitrogen and oxygen atoms in total. The van der Waals surface area contributed by atoms with Gasteiger partial charge in [0, 0.05) is 18.9 Å². The zero-order valence-corrected chi connectivity index (χ0v) is 11.4. The van der Waals surface area contributed by atoms with E-state index < -0.39 is 5.54 Å². The van der Waals surface area contributed by atoms with Crippen molar-refractivity contribution in [2.75, 3.05) is 0 Å². The molecule has 0 bridgehead atoms. The molecule has 2 rings (SSSR count). The number of halogens is 1. The summed E-state index contributed by atoms with van der Waals surface area (Å²) >= 11 is 0. The Morgan fingerprint density at radius 3 is 2.80 bits per heavy atom. The highest BCUT2D eigenvalue weighted by molar-refractivity contribution is 5.84. The molecule has 0 aliphatic carbocycles. The molecule has 0 radical (unpaired) electrons. The molecule has 106 valence electrons. The highest BCUT2D eigenvalue weighted by Gasteiger charge is 2.21. The molecule has 0 atom stereocenters. The predicted molar refractivity (Wildman–Crippen MR) is 73.6 cm³/mol. The first-order valence-corrected chi connectivity index (χ1v) is 6.22. The van der Waals surface area contributed by atoms with Crippen LogP contribution in [0.4, 0.5) is 4.39 Å². The Bertz CT molecular complexity index is 602. The Hall–Kier alpha value is -2.21. The van der Waals surface area contributed by atoms with Gasteiger partial charge in [0.15, 0.2) is 0 Å². The summed E-state index contributed by atoms with van der Waals surface area (Å²) in [5.74, 6) is -0.654. The lowest BCUT2D eigenvalue weighted by Crippen LogP contribution is -2.48. The van der Waals surface area contributed by atoms with Gasteiger partial charge in [-0.2, -0.15) is 0 Å². The number of nitrogens with zero attached hydrogens (tertiary/aromatic N) is 2. The summed E-state index contributed by atoms with van der Waals surface area (Å²) in [7, 11) is 0. The minimum absolute atomic E-state index is 0.237. The van der Waals surface area contributed by atoms with E-state index in [0.717, 1.165) is 0 Å². The van der Waals surface area contributed by atoms with Gasteiger partial charge in [0.05, 0.1) is 17.6 Å². The van der Waals surface area contributed by atoms with E-state index in [-0.39, 0.29) is 18.3 Å². The van der Waals surface area contributed by atoms with Crippen molar-refractivity contribution in [3.8, 4) is 5.69 Å². The zero-order valence-electron chi connectivity index (χ0n) is 11.4. The van der Waals surface area contributed by atoms with E-state index >= 15 is 0 Å². The molecule has 0 aliphatic heterocycles. The van der Waals surface area contributed by atoms with E-state index in [1.54, 1.807) is 42.9 Å². The van der Waals surface area contributed by atoms with Crippen LogP contribution in [0.1, 0.15) is 19.4 Å². The largest absolute Gasteiger partial charge is 0.350 e. The van der Waals surface area contributed by atoms with Crippen molar-refractivity contribution in [3.05, 3.63) is 48.3 Å². The molecular formula is C14H17FN4O. The Morgan fingerprint density at radius 2 is 2.25 bits per heavy atom. The number of aromatic nitrogens is 2. The van der Waals surface area contributed by atoms with Crippen molar-refractivity contribution in [2.24, 2.45) is 5.73 Å². The second-order valence-corrected chi connectivity index (χ2v) is 5.16. The van der Waals surface area contributed by atoms with Crippen molar-refractivity contribution in [1.82, 2.24) is 14.9 Å². The Kier molecular flexibility index (Phi) is 3.85. The number of hydrogen-bond donors (Lipinski definition) is 2. The summed E-state index contributed by atoms with van der Waals surface area (Å²) in [5.41, 5.74) is 5.80. The smallest absolute Gasteiger partial charge is 0.239 e. The minimum atomic E-state index is -0.949. The highest BCUT2D eigenvalue weighted by atomic mass is 19.1.